The molecule has 3 aromatic carbocycles. The molecule has 0 saturated carbocycles. The van der Waals surface area contributed by atoms with Crippen LogP contribution in [0.2, 0.25) is 0 Å². The summed E-state index contributed by atoms with van der Waals surface area (Å²) >= 11 is 0. The van der Waals surface area contributed by atoms with Crippen LogP contribution in [0.4, 0.5) is 10.1 Å². The highest BCUT2D eigenvalue weighted by Crippen LogP contribution is 2.45. The zero-order valence-corrected chi connectivity index (χ0v) is 20.2. The normalized spacial score (nSPS) is 20.7. The van der Waals surface area contributed by atoms with Gasteiger partial charge in [-0.1, -0.05) is 30.3 Å². The molecule has 6 heteroatoms. The summed E-state index contributed by atoms with van der Waals surface area (Å²) in [5.74, 6) is 0.314. The number of fused-ring (bicyclic) bond motifs is 1. The standard InChI is InChI=1S/C29H32FNO4/c1-33-29(34-2)21-13-15-31(16-14-21)24-9-5-19(6-10-24)27-26-12-11-25(32)17-22(26)18-35-28(27)20-3-7-23(30)8-4-20/h3-12,17,21,27-29,32H,13-16,18H2,1-2H3/t27-,28-/m1/s1. The van der Waals surface area contributed by atoms with Gasteiger partial charge in [0, 0.05) is 44.8 Å². The van der Waals surface area contributed by atoms with Gasteiger partial charge in [-0.2, -0.15) is 0 Å². The van der Waals surface area contributed by atoms with Crippen molar-refractivity contribution in [3.63, 3.8) is 0 Å². The second kappa shape index (κ2) is 10.4. The van der Waals surface area contributed by atoms with Crippen molar-refractivity contribution in [3.8, 4) is 5.75 Å². The molecule has 0 unspecified atom stereocenters. The number of rotatable bonds is 6. The number of piperidine rings is 1. The first-order valence-electron chi connectivity index (χ1n) is 12.2. The van der Waals surface area contributed by atoms with E-state index in [1.165, 1.54) is 17.8 Å². The molecule has 1 N–H and O–H groups in total. The third-order valence-corrected chi connectivity index (χ3v) is 7.39. The molecule has 0 aromatic heterocycles. The maximum Gasteiger partial charge on any atom is 0.159 e. The van der Waals surface area contributed by atoms with Gasteiger partial charge in [-0.3, -0.25) is 0 Å². The van der Waals surface area contributed by atoms with Crippen molar-refractivity contribution in [2.75, 3.05) is 32.2 Å². The summed E-state index contributed by atoms with van der Waals surface area (Å²) in [6.45, 7) is 2.32. The molecule has 0 aliphatic carbocycles. The lowest BCUT2D eigenvalue weighted by atomic mass is 9.79. The third-order valence-electron chi connectivity index (χ3n) is 7.39. The fraction of sp³-hybridized carbons (Fsp3) is 0.379. The second-order valence-electron chi connectivity index (χ2n) is 9.40. The van der Waals surface area contributed by atoms with Gasteiger partial charge in [0.15, 0.2) is 6.29 Å². The van der Waals surface area contributed by atoms with Crippen molar-refractivity contribution in [1.29, 1.82) is 0 Å². The fourth-order valence-corrected chi connectivity index (χ4v) is 5.56. The maximum atomic E-state index is 13.6. The predicted molar refractivity (Wildman–Crippen MR) is 133 cm³/mol. The Morgan fingerprint density at radius 2 is 1.57 bits per heavy atom. The Kier molecular flexibility index (Phi) is 7.04. The number of halogens is 1. The van der Waals surface area contributed by atoms with Gasteiger partial charge in [0.25, 0.3) is 0 Å². The van der Waals surface area contributed by atoms with E-state index < -0.39 is 0 Å². The topological polar surface area (TPSA) is 51.2 Å². The summed E-state index contributed by atoms with van der Waals surface area (Å²) in [6, 6.07) is 20.7. The SMILES string of the molecule is COC(OC)C1CCN(c2ccc([C@@H]3c4ccc(O)cc4CO[C@@H]3c3ccc(F)cc3)cc2)CC1. The largest absolute Gasteiger partial charge is 0.508 e. The predicted octanol–water partition coefficient (Wildman–Crippen LogP) is 5.77. The molecule has 3 aromatic rings. The smallest absolute Gasteiger partial charge is 0.159 e. The minimum atomic E-state index is -0.262. The van der Waals surface area contributed by atoms with Crippen LogP contribution in [-0.2, 0) is 20.8 Å². The summed E-state index contributed by atoms with van der Waals surface area (Å²) in [7, 11) is 3.40. The number of phenols is 1. The van der Waals surface area contributed by atoms with E-state index >= 15 is 0 Å². The number of benzene rings is 3. The van der Waals surface area contributed by atoms with Crippen molar-refractivity contribution >= 4 is 5.69 Å². The van der Waals surface area contributed by atoms with Crippen molar-refractivity contribution in [2.24, 2.45) is 5.92 Å². The molecule has 2 aliphatic rings. The molecular weight excluding hydrogens is 445 g/mol. The summed E-state index contributed by atoms with van der Waals surface area (Å²) in [5, 5.41) is 10.0. The number of methoxy groups -OCH3 is 2. The number of nitrogens with zero attached hydrogens (tertiary/aromatic N) is 1. The molecule has 184 valence electrons. The molecule has 0 amide bonds. The molecule has 0 bridgehead atoms. The highest BCUT2D eigenvalue weighted by atomic mass is 19.1. The molecular formula is C29H32FNO4. The molecule has 5 nitrogen and oxygen atoms in total. The summed E-state index contributed by atoms with van der Waals surface area (Å²) < 4.78 is 30.8. The fourth-order valence-electron chi connectivity index (χ4n) is 5.56. The first-order valence-corrected chi connectivity index (χ1v) is 12.2. The number of aromatic hydroxyl groups is 1. The Balaban J connectivity index is 1.40. The zero-order valence-electron chi connectivity index (χ0n) is 20.2. The van der Waals surface area contributed by atoms with Crippen molar-refractivity contribution < 1.29 is 23.7 Å². The van der Waals surface area contributed by atoms with Gasteiger partial charge in [0.05, 0.1) is 12.7 Å². The Morgan fingerprint density at radius 1 is 0.914 bits per heavy atom. The van der Waals surface area contributed by atoms with Gasteiger partial charge < -0.3 is 24.2 Å². The van der Waals surface area contributed by atoms with E-state index in [-0.39, 0.29) is 29.9 Å². The van der Waals surface area contributed by atoms with E-state index in [4.69, 9.17) is 14.2 Å². The van der Waals surface area contributed by atoms with E-state index in [2.05, 4.69) is 29.2 Å². The molecule has 1 saturated heterocycles. The van der Waals surface area contributed by atoms with Crippen LogP contribution in [0.5, 0.6) is 5.75 Å². The van der Waals surface area contributed by atoms with Crippen molar-refractivity contribution in [1.82, 2.24) is 0 Å². The Labute approximate surface area is 206 Å². The summed E-state index contributed by atoms with van der Waals surface area (Å²) in [5.41, 5.74) is 5.36. The third kappa shape index (κ3) is 4.92. The second-order valence-corrected chi connectivity index (χ2v) is 9.40. The van der Waals surface area contributed by atoms with Gasteiger partial charge in [-0.25, -0.2) is 4.39 Å². The monoisotopic (exact) mass is 477 g/mol. The average molecular weight is 478 g/mol. The number of hydrogen-bond donors (Lipinski definition) is 1. The number of anilines is 1. The molecule has 2 aliphatic heterocycles. The molecule has 2 atom stereocenters. The molecule has 35 heavy (non-hydrogen) atoms. The zero-order chi connectivity index (χ0) is 24.4. The Morgan fingerprint density at radius 3 is 2.23 bits per heavy atom. The van der Waals surface area contributed by atoms with Crippen LogP contribution < -0.4 is 4.90 Å². The van der Waals surface area contributed by atoms with Gasteiger partial charge in [-0.15, -0.1) is 0 Å². The van der Waals surface area contributed by atoms with Crippen LogP contribution in [-0.4, -0.2) is 38.7 Å². The molecule has 5 rings (SSSR count). The average Bonchev–Trinajstić information content (AvgIpc) is 2.90. The van der Waals surface area contributed by atoms with E-state index in [1.54, 1.807) is 38.5 Å². The highest BCUT2D eigenvalue weighted by Gasteiger charge is 2.33. The number of phenolic OH excluding ortho intramolecular Hbond substituents is 1. The van der Waals surface area contributed by atoms with Gasteiger partial charge >= 0.3 is 0 Å². The molecule has 0 radical (unpaired) electrons. The van der Waals surface area contributed by atoms with E-state index in [0.29, 0.717) is 12.5 Å². The Hall–Kier alpha value is -2.93. The van der Waals surface area contributed by atoms with Crippen LogP contribution in [0.15, 0.2) is 66.7 Å². The van der Waals surface area contributed by atoms with E-state index in [1.807, 2.05) is 6.07 Å². The van der Waals surface area contributed by atoms with Crippen LogP contribution in [0.1, 0.15) is 47.1 Å². The summed E-state index contributed by atoms with van der Waals surface area (Å²) in [6.07, 6.45) is 1.66. The maximum absolute atomic E-state index is 13.6. The van der Waals surface area contributed by atoms with Crippen molar-refractivity contribution in [2.45, 2.75) is 37.8 Å². The summed E-state index contributed by atoms with van der Waals surface area (Å²) in [4.78, 5) is 2.41. The minimum absolute atomic E-state index is 0.0613. The molecule has 0 spiro atoms. The number of hydrogen-bond acceptors (Lipinski definition) is 5. The van der Waals surface area contributed by atoms with Crippen molar-refractivity contribution in [3.05, 3.63) is 94.8 Å². The number of ether oxygens (including phenoxy) is 3. The quantitative estimate of drug-likeness (QED) is 0.457. The van der Waals surface area contributed by atoms with E-state index in [9.17, 15) is 9.50 Å². The van der Waals surface area contributed by atoms with Crippen LogP contribution in [0, 0.1) is 11.7 Å². The van der Waals surface area contributed by atoms with E-state index in [0.717, 1.165) is 48.2 Å². The minimum Gasteiger partial charge on any atom is -0.508 e. The lowest BCUT2D eigenvalue weighted by Crippen LogP contribution is -2.39. The van der Waals surface area contributed by atoms with Gasteiger partial charge in [0.2, 0.25) is 0 Å². The van der Waals surface area contributed by atoms with Gasteiger partial charge in [0.1, 0.15) is 11.6 Å². The van der Waals surface area contributed by atoms with Crippen LogP contribution in [0.25, 0.3) is 0 Å². The first-order chi connectivity index (χ1) is 17.1. The first kappa shape index (κ1) is 23.8. The van der Waals surface area contributed by atoms with Gasteiger partial charge in [-0.05, 0) is 71.5 Å². The molecule has 2 heterocycles. The lowest BCUT2D eigenvalue weighted by molar-refractivity contribution is -0.141. The van der Waals surface area contributed by atoms with Crippen LogP contribution >= 0.6 is 0 Å². The van der Waals surface area contributed by atoms with Crippen LogP contribution in [0.3, 0.4) is 0 Å². The lowest BCUT2D eigenvalue weighted by Gasteiger charge is -2.37. The highest BCUT2D eigenvalue weighted by molar-refractivity contribution is 5.52. The Bertz CT molecular complexity index is 1120. The molecule has 1 fully saturated rings.